The molecule has 0 aliphatic carbocycles. The molecule has 0 bridgehead atoms. The van der Waals surface area contributed by atoms with Gasteiger partial charge in [-0.2, -0.15) is 0 Å². The van der Waals surface area contributed by atoms with Crippen molar-refractivity contribution in [3.8, 4) is 0 Å². The van der Waals surface area contributed by atoms with Gasteiger partial charge in [0.15, 0.2) is 5.44 Å². The first-order valence-corrected chi connectivity index (χ1v) is 6.14. The SMILES string of the molecule is CCOC1Cc2ccccc2S1(=O)=O. The highest BCUT2D eigenvalue weighted by Gasteiger charge is 2.36. The van der Waals surface area contributed by atoms with E-state index >= 15 is 0 Å². The lowest BCUT2D eigenvalue weighted by Gasteiger charge is -2.08. The van der Waals surface area contributed by atoms with Crippen LogP contribution < -0.4 is 0 Å². The lowest BCUT2D eigenvalue weighted by Crippen LogP contribution is -2.20. The van der Waals surface area contributed by atoms with Gasteiger partial charge in [-0.1, -0.05) is 18.2 Å². The largest absolute Gasteiger partial charge is 0.362 e. The smallest absolute Gasteiger partial charge is 0.205 e. The number of benzene rings is 1. The molecule has 1 atom stereocenters. The minimum atomic E-state index is -3.23. The van der Waals surface area contributed by atoms with Gasteiger partial charge in [0.25, 0.3) is 0 Å². The summed E-state index contributed by atoms with van der Waals surface area (Å²) in [6.07, 6.45) is 0.479. The second-order valence-corrected chi connectivity index (χ2v) is 5.30. The Hall–Kier alpha value is -0.870. The first kappa shape index (κ1) is 9.68. The molecule has 0 radical (unpaired) electrons. The van der Waals surface area contributed by atoms with Gasteiger partial charge < -0.3 is 4.74 Å². The zero-order chi connectivity index (χ0) is 10.2. The summed E-state index contributed by atoms with van der Waals surface area (Å²) in [5, 5.41) is 0. The number of hydrogen-bond acceptors (Lipinski definition) is 3. The Morgan fingerprint density at radius 3 is 2.79 bits per heavy atom. The molecule has 0 fully saturated rings. The molecular formula is C10H12O3S. The molecule has 1 aliphatic heterocycles. The van der Waals surface area contributed by atoms with Crippen LogP contribution in [0.1, 0.15) is 12.5 Å². The van der Waals surface area contributed by atoms with E-state index in [2.05, 4.69) is 0 Å². The summed E-state index contributed by atoms with van der Waals surface area (Å²) in [6, 6.07) is 7.07. The second-order valence-electron chi connectivity index (χ2n) is 3.24. The molecule has 4 heteroatoms. The third-order valence-corrected chi connectivity index (χ3v) is 4.37. The Balaban J connectivity index is 2.46. The maximum Gasteiger partial charge on any atom is 0.205 e. The van der Waals surface area contributed by atoms with Crippen LogP contribution in [0.25, 0.3) is 0 Å². The van der Waals surface area contributed by atoms with Crippen molar-refractivity contribution in [1.82, 2.24) is 0 Å². The number of fused-ring (bicyclic) bond motifs is 1. The zero-order valence-electron chi connectivity index (χ0n) is 7.93. The Morgan fingerprint density at radius 1 is 1.43 bits per heavy atom. The van der Waals surface area contributed by atoms with E-state index in [1.54, 1.807) is 19.1 Å². The van der Waals surface area contributed by atoms with Gasteiger partial charge in [-0.15, -0.1) is 0 Å². The van der Waals surface area contributed by atoms with E-state index in [4.69, 9.17) is 4.74 Å². The van der Waals surface area contributed by atoms with Crippen LogP contribution in [0.3, 0.4) is 0 Å². The van der Waals surface area contributed by atoms with Gasteiger partial charge in [-0.25, -0.2) is 8.42 Å². The molecular weight excluding hydrogens is 200 g/mol. The fourth-order valence-electron chi connectivity index (χ4n) is 1.72. The molecule has 3 nitrogen and oxygen atoms in total. The fraction of sp³-hybridized carbons (Fsp3) is 0.400. The minimum Gasteiger partial charge on any atom is -0.362 e. The maximum absolute atomic E-state index is 11.8. The van der Waals surface area contributed by atoms with Gasteiger partial charge in [0.05, 0.1) is 4.90 Å². The molecule has 0 aromatic heterocycles. The normalized spacial score (nSPS) is 23.4. The van der Waals surface area contributed by atoms with Crippen molar-refractivity contribution in [3.63, 3.8) is 0 Å². The van der Waals surface area contributed by atoms with Gasteiger partial charge in [0, 0.05) is 13.0 Å². The van der Waals surface area contributed by atoms with Crippen molar-refractivity contribution in [1.29, 1.82) is 0 Å². The highest BCUT2D eigenvalue weighted by atomic mass is 32.2. The maximum atomic E-state index is 11.8. The molecule has 1 aromatic rings. The van der Waals surface area contributed by atoms with Crippen molar-refractivity contribution >= 4 is 9.84 Å². The van der Waals surface area contributed by atoms with E-state index in [9.17, 15) is 8.42 Å². The Kier molecular flexibility index (Phi) is 2.33. The topological polar surface area (TPSA) is 43.4 Å². The number of sulfone groups is 1. The van der Waals surface area contributed by atoms with Crippen molar-refractivity contribution in [2.24, 2.45) is 0 Å². The summed E-state index contributed by atoms with van der Waals surface area (Å²) in [7, 11) is -3.23. The summed E-state index contributed by atoms with van der Waals surface area (Å²) in [5.41, 5.74) is 0.191. The molecule has 0 saturated carbocycles. The van der Waals surface area contributed by atoms with Crippen molar-refractivity contribution in [3.05, 3.63) is 29.8 Å². The number of hydrogen-bond donors (Lipinski definition) is 0. The first-order valence-electron chi connectivity index (χ1n) is 4.59. The molecule has 1 heterocycles. The molecule has 14 heavy (non-hydrogen) atoms. The Labute approximate surface area is 83.6 Å². The predicted octanol–water partition coefficient (Wildman–Crippen LogP) is 1.38. The first-order chi connectivity index (χ1) is 6.66. The van der Waals surface area contributed by atoms with Gasteiger partial charge in [0.2, 0.25) is 9.84 Å². The molecule has 2 rings (SSSR count). The lowest BCUT2D eigenvalue weighted by atomic mass is 10.2. The van der Waals surface area contributed by atoms with Crippen LogP contribution in [0.5, 0.6) is 0 Å². The van der Waals surface area contributed by atoms with E-state index < -0.39 is 15.3 Å². The van der Waals surface area contributed by atoms with Crippen LogP contribution in [-0.2, 0) is 21.0 Å². The van der Waals surface area contributed by atoms with E-state index in [0.717, 1.165) is 5.56 Å². The molecule has 1 aromatic carbocycles. The fourth-order valence-corrected chi connectivity index (χ4v) is 3.50. The molecule has 0 spiro atoms. The average Bonchev–Trinajstić information content (AvgIpc) is 2.41. The van der Waals surface area contributed by atoms with Gasteiger partial charge in [-0.3, -0.25) is 0 Å². The third kappa shape index (κ3) is 1.35. The van der Waals surface area contributed by atoms with Gasteiger partial charge >= 0.3 is 0 Å². The van der Waals surface area contributed by atoms with Crippen molar-refractivity contribution < 1.29 is 13.2 Å². The molecule has 0 saturated heterocycles. The molecule has 1 unspecified atom stereocenters. The highest BCUT2D eigenvalue weighted by Crippen LogP contribution is 2.31. The second kappa shape index (κ2) is 3.37. The lowest BCUT2D eigenvalue weighted by molar-refractivity contribution is 0.121. The van der Waals surface area contributed by atoms with Crippen LogP contribution in [0.2, 0.25) is 0 Å². The van der Waals surface area contributed by atoms with Crippen LogP contribution in [0, 0.1) is 0 Å². The summed E-state index contributed by atoms with van der Waals surface area (Å²) in [4.78, 5) is 0.429. The molecule has 76 valence electrons. The zero-order valence-corrected chi connectivity index (χ0v) is 8.75. The van der Waals surface area contributed by atoms with E-state index in [1.165, 1.54) is 0 Å². The standard InChI is InChI=1S/C10H12O3S/c1-2-13-10-7-8-5-3-4-6-9(8)14(10,11)12/h3-6,10H,2,7H2,1H3. The quantitative estimate of drug-likeness (QED) is 0.743. The van der Waals surface area contributed by atoms with Gasteiger partial charge in [0.1, 0.15) is 0 Å². The van der Waals surface area contributed by atoms with Crippen molar-refractivity contribution in [2.45, 2.75) is 23.7 Å². The predicted molar refractivity (Wildman–Crippen MR) is 52.7 cm³/mol. The Bertz CT molecular complexity index is 436. The average molecular weight is 212 g/mol. The summed E-state index contributed by atoms with van der Waals surface area (Å²) < 4.78 is 28.9. The molecule has 0 amide bonds. The molecule has 1 aliphatic rings. The van der Waals surface area contributed by atoms with Gasteiger partial charge in [-0.05, 0) is 18.6 Å². The highest BCUT2D eigenvalue weighted by molar-refractivity contribution is 7.92. The van der Waals surface area contributed by atoms with Crippen molar-refractivity contribution in [2.75, 3.05) is 6.61 Å². The van der Waals surface area contributed by atoms with E-state index in [-0.39, 0.29) is 0 Å². The van der Waals surface area contributed by atoms with E-state index in [0.29, 0.717) is 17.9 Å². The summed E-state index contributed by atoms with van der Waals surface area (Å²) in [5.74, 6) is 0. The van der Waals surface area contributed by atoms with Crippen LogP contribution in [-0.4, -0.2) is 20.5 Å². The third-order valence-electron chi connectivity index (χ3n) is 2.36. The number of rotatable bonds is 2. The number of ether oxygens (including phenoxy) is 1. The monoisotopic (exact) mass is 212 g/mol. The van der Waals surface area contributed by atoms with Crippen LogP contribution in [0.4, 0.5) is 0 Å². The summed E-state index contributed by atoms with van der Waals surface area (Å²) >= 11 is 0. The Morgan fingerprint density at radius 2 is 2.14 bits per heavy atom. The van der Waals surface area contributed by atoms with Crippen LogP contribution >= 0.6 is 0 Å². The summed E-state index contributed by atoms with van der Waals surface area (Å²) in [6.45, 7) is 2.23. The minimum absolute atomic E-state index is 0.428. The molecule has 0 N–H and O–H groups in total. The van der Waals surface area contributed by atoms with E-state index in [1.807, 2.05) is 12.1 Å². The van der Waals surface area contributed by atoms with Crippen LogP contribution in [0.15, 0.2) is 29.2 Å².